The molecule has 1 heterocycles. The van der Waals surface area contributed by atoms with Crippen molar-refractivity contribution in [2.75, 3.05) is 18.0 Å². The van der Waals surface area contributed by atoms with Crippen molar-refractivity contribution in [2.45, 2.75) is 26.2 Å². The van der Waals surface area contributed by atoms with Crippen LogP contribution < -0.4 is 4.90 Å². The van der Waals surface area contributed by atoms with Crippen LogP contribution >= 0.6 is 11.6 Å². The Hall–Kier alpha value is -1.22. The molecule has 1 aromatic carbocycles. The molecule has 0 bridgehead atoms. The van der Waals surface area contributed by atoms with Crippen LogP contribution in [0.25, 0.3) is 0 Å². The van der Waals surface area contributed by atoms with E-state index in [2.05, 4.69) is 11.8 Å². The van der Waals surface area contributed by atoms with Crippen LogP contribution in [0.1, 0.15) is 36.5 Å². The van der Waals surface area contributed by atoms with Crippen molar-refractivity contribution in [3.05, 3.63) is 28.8 Å². The Morgan fingerprint density at radius 3 is 3.00 bits per heavy atom. The number of carboxylic acids is 1. The number of nitrogens with zero attached hydrogens (tertiary/aromatic N) is 1. The zero-order chi connectivity index (χ0) is 13.1. The molecule has 0 aromatic heterocycles. The quantitative estimate of drug-likeness (QED) is 0.908. The SMILES string of the molecule is CCC1CCCN(c2cc(Cl)ccc2C(=O)O)C1. The largest absolute Gasteiger partial charge is 0.478 e. The second-order valence-corrected chi connectivity index (χ2v) is 5.27. The molecule has 3 nitrogen and oxygen atoms in total. The number of anilines is 1. The van der Waals surface area contributed by atoms with Crippen molar-refractivity contribution in [2.24, 2.45) is 5.92 Å². The van der Waals surface area contributed by atoms with Crippen LogP contribution in [-0.2, 0) is 0 Å². The van der Waals surface area contributed by atoms with Gasteiger partial charge < -0.3 is 10.0 Å². The number of carboxylic acid groups (broad SMARTS) is 1. The van der Waals surface area contributed by atoms with Gasteiger partial charge in [-0.05, 0) is 37.0 Å². The van der Waals surface area contributed by atoms with E-state index in [0.717, 1.165) is 31.6 Å². The lowest BCUT2D eigenvalue weighted by Crippen LogP contribution is -2.36. The van der Waals surface area contributed by atoms with Gasteiger partial charge in [0.25, 0.3) is 0 Å². The van der Waals surface area contributed by atoms with E-state index in [4.69, 9.17) is 11.6 Å². The Labute approximate surface area is 112 Å². The summed E-state index contributed by atoms with van der Waals surface area (Å²) >= 11 is 5.99. The monoisotopic (exact) mass is 267 g/mol. The third-order valence-electron chi connectivity index (χ3n) is 3.63. The van der Waals surface area contributed by atoms with E-state index in [-0.39, 0.29) is 0 Å². The minimum atomic E-state index is -0.889. The Balaban J connectivity index is 2.31. The van der Waals surface area contributed by atoms with Gasteiger partial charge in [-0.1, -0.05) is 24.9 Å². The number of halogens is 1. The van der Waals surface area contributed by atoms with Gasteiger partial charge in [-0.2, -0.15) is 0 Å². The van der Waals surface area contributed by atoms with Crippen molar-refractivity contribution in [3.8, 4) is 0 Å². The molecule has 1 aliphatic heterocycles. The fraction of sp³-hybridized carbons (Fsp3) is 0.500. The number of rotatable bonds is 3. The number of carbonyl (C=O) groups is 1. The lowest BCUT2D eigenvalue weighted by Gasteiger charge is -2.34. The van der Waals surface area contributed by atoms with Crippen molar-refractivity contribution in [1.82, 2.24) is 0 Å². The first kappa shape index (κ1) is 13.2. The van der Waals surface area contributed by atoms with Gasteiger partial charge in [0.15, 0.2) is 0 Å². The second kappa shape index (κ2) is 5.61. The second-order valence-electron chi connectivity index (χ2n) is 4.83. The van der Waals surface area contributed by atoms with Crippen LogP contribution in [0.2, 0.25) is 5.02 Å². The maximum atomic E-state index is 11.3. The van der Waals surface area contributed by atoms with Crippen LogP contribution in [0.3, 0.4) is 0 Å². The summed E-state index contributed by atoms with van der Waals surface area (Å²) in [5, 5.41) is 9.83. The summed E-state index contributed by atoms with van der Waals surface area (Å²) in [6, 6.07) is 4.99. The summed E-state index contributed by atoms with van der Waals surface area (Å²) in [4.78, 5) is 13.4. The molecule has 1 aliphatic rings. The third kappa shape index (κ3) is 2.78. The highest BCUT2D eigenvalue weighted by Gasteiger charge is 2.22. The molecule has 1 N–H and O–H groups in total. The molecular weight excluding hydrogens is 250 g/mol. The van der Waals surface area contributed by atoms with Crippen molar-refractivity contribution < 1.29 is 9.90 Å². The van der Waals surface area contributed by atoms with Crippen LogP contribution in [0, 0.1) is 5.92 Å². The molecule has 18 heavy (non-hydrogen) atoms. The minimum Gasteiger partial charge on any atom is -0.478 e. The van der Waals surface area contributed by atoms with E-state index in [1.54, 1.807) is 18.2 Å². The molecule has 4 heteroatoms. The van der Waals surface area contributed by atoms with E-state index in [1.807, 2.05) is 0 Å². The summed E-state index contributed by atoms with van der Waals surface area (Å²) in [5.74, 6) is -0.236. The molecule has 0 aliphatic carbocycles. The zero-order valence-corrected chi connectivity index (χ0v) is 11.3. The van der Waals surface area contributed by atoms with Crippen molar-refractivity contribution in [1.29, 1.82) is 0 Å². The molecule has 1 unspecified atom stereocenters. The van der Waals surface area contributed by atoms with E-state index in [1.165, 1.54) is 6.42 Å². The predicted octanol–water partition coefficient (Wildman–Crippen LogP) is 3.66. The maximum absolute atomic E-state index is 11.3. The molecule has 1 atom stereocenters. The highest BCUT2D eigenvalue weighted by molar-refractivity contribution is 6.31. The minimum absolute atomic E-state index is 0.344. The molecule has 1 fully saturated rings. The smallest absolute Gasteiger partial charge is 0.337 e. The number of benzene rings is 1. The fourth-order valence-corrected chi connectivity index (χ4v) is 2.73. The molecule has 98 valence electrons. The fourth-order valence-electron chi connectivity index (χ4n) is 2.56. The lowest BCUT2D eigenvalue weighted by molar-refractivity contribution is 0.0697. The molecule has 0 amide bonds. The highest BCUT2D eigenvalue weighted by Crippen LogP contribution is 2.30. The van der Waals surface area contributed by atoms with Crippen LogP contribution in [0.15, 0.2) is 18.2 Å². The van der Waals surface area contributed by atoms with Gasteiger partial charge in [0.05, 0.1) is 11.3 Å². The van der Waals surface area contributed by atoms with E-state index < -0.39 is 5.97 Å². The van der Waals surface area contributed by atoms with E-state index >= 15 is 0 Å². The predicted molar refractivity (Wildman–Crippen MR) is 73.6 cm³/mol. The first-order valence-corrected chi connectivity index (χ1v) is 6.77. The van der Waals surface area contributed by atoms with Crippen molar-refractivity contribution in [3.63, 3.8) is 0 Å². The molecular formula is C14H18ClNO2. The van der Waals surface area contributed by atoms with Crippen LogP contribution in [-0.4, -0.2) is 24.2 Å². The Morgan fingerprint density at radius 1 is 1.56 bits per heavy atom. The molecule has 2 rings (SSSR count). The molecule has 0 spiro atoms. The standard InChI is InChI=1S/C14H18ClNO2/c1-2-10-4-3-7-16(9-10)13-8-11(15)5-6-12(13)14(17)18/h5-6,8,10H,2-4,7,9H2,1H3,(H,17,18). The van der Waals surface area contributed by atoms with Gasteiger partial charge in [0.1, 0.15) is 0 Å². The van der Waals surface area contributed by atoms with E-state index in [0.29, 0.717) is 16.5 Å². The summed E-state index contributed by atoms with van der Waals surface area (Å²) in [7, 11) is 0. The van der Waals surface area contributed by atoms with Gasteiger partial charge in [-0.25, -0.2) is 4.79 Å². The zero-order valence-electron chi connectivity index (χ0n) is 10.5. The van der Waals surface area contributed by atoms with Gasteiger partial charge in [0.2, 0.25) is 0 Å². The molecule has 0 radical (unpaired) electrons. The molecule has 0 saturated carbocycles. The summed E-state index contributed by atoms with van der Waals surface area (Å²) in [5.41, 5.74) is 1.10. The molecule has 1 saturated heterocycles. The first-order valence-electron chi connectivity index (χ1n) is 6.39. The van der Waals surface area contributed by atoms with E-state index in [9.17, 15) is 9.90 Å². The molecule has 1 aromatic rings. The average Bonchev–Trinajstić information content (AvgIpc) is 2.38. The van der Waals surface area contributed by atoms with Gasteiger partial charge in [0, 0.05) is 18.1 Å². The highest BCUT2D eigenvalue weighted by atomic mass is 35.5. The summed E-state index contributed by atoms with van der Waals surface area (Å²) in [6.07, 6.45) is 3.49. The van der Waals surface area contributed by atoms with Gasteiger partial charge in [-0.15, -0.1) is 0 Å². The first-order chi connectivity index (χ1) is 8.61. The number of aromatic carboxylic acids is 1. The Kier molecular flexibility index (Phi) is 4.12. The van der Waals surface area contributed by atoms with Gasteiger partial charge >= 0.3 is 5.97 Å². The van der Waals surface area contributed by atoms with Crippen LogP contribution in [0.5, 0.6) is 0 Å². The third-order valence-corrected chi connectivity index (χ3v) is 3.86. The summed E-state index contributed by atoms with van der Waals surface area (Å²) in [6.45, 7) is 4.03. The maximum Gasteiger partial charge on any atom is 0.337 e. The summed E-state index contributed by atoms with van der Waals surface area (Å²) < 4.78 is 0. The normalized spacial score (nSPS) is 19.9. The van der Waals surface area contributed by atoms with Crippen LogP contribution in [0.4, 0.5) is 5.69 Å². The number of hydrogen-bond donors (Lipinski definition) is 1. The van der Waals surface area contributed by atoms with Crippen molar-refractivity contribution >= 4 is 23.3 Å². The Morgan fingerprint density at radius 2 is 2.33 bits per heavy atom. The van der Waals surface area contributed by atoms with Gasteiger partial charge in [-0.3, -0.25) is 0 Å². The number of piperidine rings is 1. The number of hydrogen-bond acceptors (Lipinski definition) is 2. The Bertz CT molecular complexity index is 447. The lowest BCUT2D eigenvalue weighted by atomic mass is 9.94. The average molecular weight is 268 g/mol. The topological polar surface area (TPSA) is 40.5 Å².